The van der Waals surface area contributed by atoms with E-state index in [1.165, 1.54) is 16.9 Å². The summed E-state index contributed by atoms with van der Waals surface area (Å²) in [5.41, 5.74) is 4.95. The first-order chi connectivity index (χ1) is 12.5. The van der Waals surface area contributed by atoms with Gasteiger partial charge in [-0.05, 0) is 39.5 Å². The highest BCUT2D eigenvalue weighted by Crippen LogP contribution is 2.31. The molecule has 0 N–H and O–H groups in total. The number of rotatable bonds is 2. The number of carbonyl (C=O) groups excluding carboxylic acids is 1. The van der Waals surface area contributed by atoms with Gasteiger partial charge < -0.3 is 9.80 Å². The number of carbonyl (C=O) groups is 1. The molecule has 0 aromatic carbocycles. The van der Waals surface area contributed by atoms with Crippen molar-refractivity contribution in [2.75, 3.05) is 31.6 Å². The number of anilines is 1. The fraction of sp³-hybridized carbons (Fsp3) is 0.579. The second-order valence-electron chi connectivity index (χ2n) is 7.35. The standard InChI is InChI=1S/C19H25N5OS/c1-12-15-7-5-8-23(3)18(15)22-17(21-12)14-6-4-9-24(10-14)19(25)16-13(2)20-11-26-16/h11,14H,4-10H2,1-3H3/t14-/m1/s1. The maximum absolute atomic E-state index is 12.9. The molecule has 26 heavy (non-hydrogen) atoms. The number of aryl methyl sites for hydroxylation is 2. The molecule has 4 heterocycles. The zero-order valence-electron chi connectivity index (χ0n) is 15.7. The zero-order valence-corrected chi connectivity index (χ0v) is 16.5. The van der Waals surface area contributed by atoms with Crippen molar-refractivity contribution in [1.82, 2.24) is 19.9 Å². The number of piperidine rings is 1. The Bertz CT molecular complexity index is 833. The lowest BCUT2D eigenvalue weighted by atomic mass is 9.96. The monoisotopic (exact) mass is 371 g/mol. The van der Waals surface area contributed by atoms with Crippen molar-refractivity contribution in [2.24, 2.45) is 0 Å². The van der Waals surface area contributed by atoms with Crippen LogP contribution >= 0.6 is 11.3 Å². The van der Waals surface area contributed by atoms with Gasteiger partial charge in [0, 0.05) is 43.9 Å². The van der Waals surface area contributed by atoms with Crippen LogP contribution in [0.4, 0.5) is 5.82 Å². The second-order valence-corrected chi connectivity index (χ2v) is 8.21. The molecule has 138 valence electrons. The van der Waals surface area contributed by atoms with E-state index in [-0.39, 0.29) is 11.8 Å². The first kappa shape index (κ1) is 17.4. The van der Waals surface area contributed by atoms with E-state index >= 15 is 0 Å². The summed E-state index contributed by atoms with van der Waals surface area (Å²) in [5.74, 6) is 2.29. The molecule has 0 bridgehead atoms. The number of aromatic nitrogens is 3. The Morgan fingerprint density at radius 1 is 1.19 bits per heavy atom. The van der Waals surface area contributed by atoms with Gasteiger partial charge in [0.2, 0.25) is 0 Å². The SMILES string of the molecule is Cc1ncsc1C(=O)N1CCC[C@@H](c2nc(C)c3c(n2)N(C)CCC3)C1. The molecule has 6 nitrogen and oxygen atoms in total. The van der Waals surface area contributed by atoms with Crippen LogP contribution in [0.15, 0.2) is 5.51 Å². The summed E-state index contributed by atoms with van der Waals surface area (Å²) in [5, 5.41) is 0. The minimum atomic E-state index is 0.0986. The van der Waals surface area contributed by atoms with Gasteiger partial charge in [-0.3, -0.25) is 4.79 Å². The van der Waals surface area contributed by atoms with Gasteiger partial charge >= 0.3 is 0 Å². The van der Waals surface area contributed by atoms with Gasteiger partial charge in [0.05, 0.1) is 11.2 Å². The second kappa shape index (κ2) is 6.95. The van der Waals surface area contributed by atoms with E-state index in [4.69, 9.17) is 9.97 Å². The predicted octanol–water partition coefficient (Wildman–Crippen LogP) is 2.95. The highest BCUT2D eigenvalue weighted by Gasteiger charge is 2.30. The summed E-state index contributed by atoms with van der Waals surface area (Å²) in [4.78, 5) is 31.8. The van der Waals surface area contributed by atoms with Gasteiger partial charge in [-0.25, -0.2) is 15.0 Å². The van der Waals surface area contributed by atoms with Crippen molar-refractivity contribution in [2.45, 2.75) is 45.4 Å². The molecule has 7 heteroatoms. The molecule has 1 atom stereocenters. The van der Waals surface area contributed by atoms with Crippen molar-refractivity contribution in [3.63, 3.8) is 0 Å². The number of hydrogen-bond acceptors (Lipinski definition) is 6. The van der Waals surface area contributed by atoms with Crippen molar-refractivity contribution in [3.8, 4) is 0 Å². The number of amides is 1. The summed E-state index contributed by atoms with van der Waals surface area (Å²) < 4.78 is 0. The van der Waals surface area contributed by atoms with Crippen LogP contribution in [0, 0.1) is 13.8 Å². The third kappa shape index (κ3) is 3.09. The Hall–Kier alpha value is -2.02. The van der Waals surface area contributed by atoms with Crippen molar-refractivity contribution in [1.29, 1.82) is 0 Å². The molecule has 1 fully saturated rings. The van der Waals surface area contributed by atoms with Crippen LogP contribution in [0.2, 0.25) is 0 Å². The summed E-state index contributed by atoms with van der Waals surface area (Å²) >= 11 is 1.43. The van der Waals surface area contributed by atoms with E-state index in [9.17, 15) is 4.79 Å². The van der Waals surface area contributed by atoms with E-state index < -0.39 is 0 Å². The number of hydrogen-bond donors (Lipinski definition) is 0. The Kier molecular flexibility index (Phi) is 4.65. The highest BCUT2D eigenvalue weighted by molar-refractivity contribution is 7.11. The molecular weight excluding hydrogens is 346 g/mol. The van der Waals surface area contributed by atoms with E-state index in [0.29, 0.717) is 6.54 Å². The normalized spacial score (nSPS) is 20.2. The van der Waals surface area contributed by atoms with Gasteiger partial charge in [0.25, 0.3) is 5.91 Å². The Morgan fingerprint density at radius 2 is 2.04 bits per heavy atom. The van der Waals surface area contributed by atoms with E-state index in [2.05, 4.69) is 23.9 Å². The summed E-state index contributed by atoms with van der Waals surface area (Å²) in [6.45, 7) is 6.53. The number of likely N-dealkylation sites (tertiary alicyclic amines) is 1. The van der Waals surface area contributed by atoms with Crippen LogP contribution in [0.25, 0.3) is 0 Å². The highest BCUT2D eigenvalue weighted by atomic mass is 32.1. The first-order valence-electron chi connectivity index (χ1n) is 9.32. The average molecular weight is 372 g/mol. The van der Waals surface area contributed by atoms with Crippen molar-refractivity contribution >= 4 is 23.1 Å². The molecule has 1 amide bonds. The lowest BCUT2D eigenvalue weighted by Crippen LogP contribution is -2.39. The number of thiazole rings is 1. The van der Waals surface area contributed by atoms with Crippen LogP contribution in [0.3, 0.4) is 0 Å². The molecular formula is C19H25N5OS. The largest absolute Gasteiger partial charge is 0.359 e. The van der Waals surface area contributed by atoms with Crippen LogP contribution in [0.1, 0.15) is 57.6 Å². The van der Waals surface area contributed by atoms with Crippen LogP contribution in [0.5, 0.6) is 0 Å². The fourth-order valence-electron chi connectivity index (χ4n) is 4.02. The predicted molar refractivity (Wildman–Crippen MR) is 103 cm³/mol. The Morgan fingerprint density at radius 3 is 2.81 bits per heavy atom. The maximum atomic E-state index is 12.9. The van der Waals surface area contributed by atoms with Crippen LogP contribution < -0.4 is 4.90 Å². The summed E-state index contributed by atoms with van der Waals surface area (Å²) in [7, 11) is 2.11. The first-order valence-corrected chi connectivity index (χ1v) is 10.2. The molecule has 2 aliphatic heterocycles. The van der Waals surface area contributed by atoms with Gasteiger partial charge in [0.15, 0.2) is 0 Å². The van der Waals surface area contributed by atoms with Gasteiger partial charge in [-0.1, -0.05) is 0 Å². The Labute approximate surface area is 158 Å². The molecule has 2 aliphatic rings. The molecule has 0 unspecified atom stereocenters. The van der Waals surface area contributed by atoms with Gasteiger partial charge in [-0.2, -0.15) is 0 Å². The third-order valence-electron chi connectivity index (χ3n) is 5.50. The number of fused-ring (bicyclic) bond motifs is 1. The molecule has 2 aromatic heterocycles. The number of nitrogens with zero attached hydrogens (tertiary/aromatic N) is 5. The van der Waals surface area contributed by atoms with Gasteiger partial charge in [-0.15, -0.1) is 11.3 Å². The lowest BCUT2D eigenvalue weighted by molar-refractivity contribution is 0.0708. The van der Waals surface area contributed by atoms with Crippen LogP contribution in [-0.2, 0) is 6.42 Å². The van der Waals surface area contributed by atoms with Gasteiger partial charge in [0.1, 0.15) is 16.5 Å². The lowest BCUT2D eigenvalue weighted by Gasteiger charge is -2.33. The zero-order chi connectivity index (χ0) is 18.3. The molecule has 2 aromatic rings. The molecule has 0 spiro atoms. The Balaban J connectivity index is 1.59. The molecule has 0 radical (unpaired) electrons. The maximum Gasteiger partial charge on any atom is 0.265 e. The average Bonchev–Trinajstić information content (AvgIpc) is 3.08. The molecule has 0 aliphatic carbocycles. The third-order valence-corrected chi connectivity index (χ3v) is 6.42. The minimum absolute atomic E-state index is 0.0986. The van der Waals surface area contributed by atoms with E-state index in [0.717, 1.165) is 66.7 Å². The van der Waals surface area contributed by atoms with E-state index in [1.807, 2.05) is 11.8 Å². The molecule has 4 rings (SSSR count). The smallest absolute Gasteiger partial charge is 0.265 e. The molecule has 0 saturated carbocycles. The summed E-state index contributed by atoms with van der Waals surface area (Å²) in [6, 6.07) is 0. The topological polar surface area (TPSA) is 62.2 Å². The van der Waals surface area contributed by atoms with Crippen molar-refractivity contribution < 1.29 is 4.79 Å². The quantitative estimate of drug-likeness (QED) is 0.812. The van der Waals surface area contributed by atoms with Crippen LogP contribution in [-0.4, -0.2) is 52.4 Å². The fourth-order valence-corrected chi connectivity index (χ4v) is 4.78. The van der Waals surface area contributed by atoms with Crippen molar-refractivity contribution in [3.05, 3.63) is 33.2 Å². The molecule has 1 saturated heterocycles. The van der Waals surface area contributed by atoms with E-state index in [1.54, 1.807) is 5.51 Å². The summed E-state index contributed by atoms with van der Waals surface area (Å²) in [6.07, 6.45) is 4.25. The minimum Gasteiger partial charge on any atom is -0.359 e.